The lowest BCUT2D eigenvalue weighted by atomic mass is 10.0. The van der Waals surface area contributed by atoms with E-state index >= 15 is 0 Å². The molecule has 0 atom stereocenters. The minimum Gasteiger partial charge on any atom is -0.366 e. The van der Waals surface area contributed by atoms with Crippen LogP contribution in [-0.4, -0.2) is 21.2 Å². The number of aromatic nitrogens is 2. The molecule has 0 radical (unpaired) electrons. The average Bonchev–Trinajstić information content (AvgIpc) is 3.16. The van der Waals surface area contributed by atoms with Crippen molar-refractivity contribution in [2.24, 2.45) is 5.73 Å². The second-order valence-corrected chi connectivity index (χ2v) is 6.53. The summed E-state index contributed by atoms with van der Waals surface area (Å²) in [4.78, 5) is 28.1. The Kier molecular flexibility index (Phi) is 4.78. The molecular weight excluding hydrogens is 371 g/mol. The van der Waals surface area contributed by atoms with Crippen LogP contribution in [0.4, 0.5) is 4.39 Å². The van der Waals surface area contributed by atoms with E-state index in [0.717, 1.165) is 11.1 Å². The zero-order valence-electron chi connectivity index (χ0n) is 15.3. The first-order valence-electron chi connectivity index (χ1n) is 8.92. The van der Waals surface area contributed by atoms with Crippen LogP contribution in [-0.2, 0) is 6.54 Å². The fraction of sp³-hybridized carbons (Fsp3) is 0.0455. The van der Waals surface area contributed by atoms with E-state index in [4.69, 9.17) is 5.73 Å². The molecule has 4 aromatic rings. The molecule has 0 unspecified atom stereocenters. The molecule has 0 saturated carbocycles. The zero-order chi connectivity index (χ0) is 20.4. The van der Waals surface area contributed by atoms with Gasteiger partial charge in [0.25, 0.3) is 5.91 Å². The highest BCUT2D eigenvalue weighted by Crippen LogP contribution is 2.21. The highest BCUT2D eigenvalue weighted by Gasteiger charge is 2.12. The van der Waals surface area contributed by atoms with E-state index in [-0.39, 0.29) is 18.1 Å². The molecule has 2 aromatic carbocycles. The Morgan fingerprint density at radius 1 is 1.00 bits per heavy atom. The molecule has 144 valence electrons. The number of amides is 2. The van der Waals surface area contributed by atoms with Crippen LogP contribution in [0.5, 0.6) is 0 Å². The predicted molar refractivity (Wildman–Crippen MR) is 107 cm³/mol. The third kappa shape index (κ3) is 3.84. The lowest BCUT2D eigenvalue weighted by Crippen LogP contribution is -2.23. The topological polar surface area (TPSA) is 89.5 Å². The molecule has 2 aromatic heterocycles. The van der Waals surface area contributed by atoms with Crippen molar-refractivity contribution in [3.8, 4) is 11.1 Å². The van der Waals surface area contributed by atoms with Gasteiger partial charge in [-0.05, 0) is 41.5 Å². The third-order valence-electron chi connectivity index (χ3n) is 4.56. The maximum Gasteiger partial charge on any atom is 0.271 e. The number of hydrogen-bond acceptors (Lipinski definition) is 3. The molecule has 3 N–H and O–H groups in total. The van der Waals surface area contributed by atoms with Crippen molar-refractivity contribution in [3.63, 3.8) is 0 Å². The number of nitrogens with zero attached hydrogens (tertiary/aromatic N) is 2. The van der Waals surface area contributed by atoms with Gasteiger partial charge >= 0.3 is 0 Å². The van der Waals surface area contributed by atoms with E-state index in [9.17, 15) is 14.0 Å². The molecule has 0 aliphatic heterocycles. The van der Waals surface area contributed by atoms with Gasteiger partial charge in [0.05, 0.1) is 0 Å². The Morgan fingerprint density at radius 2 is 1.83 bits per heavy atom. The lowest BCUT2D eigenvalue weighted by molar-refractivity contribution is 0.0945. The number of imidazole rings is 1. The van der Waals surface area contributed by atoms with E-state index in [2.05, 4.69) is 10.3 Å². The number of benzene rings is 2. The van der Waals surface area contributed by atoms with Crippen molar-refractivity contribution in [3.05, 3.63) is 95.7 Å². The number of primary amides is 1. The average molecular weight is 388 g/mol. The van der Waals surface area contributed by atoms with E-state index in [1.54, 1.807) is 53.1 Å². The van der Waals surface area contributed by atoms with Gasteiger partial charge in [0.2, 0.25) is 5.91 Å². The van der Waals surface area contributed by atoms with Crippen LogP contribution < -0.4 is 11.1 Å². The highest BCUT2D eigenvalue weighted by atomic mass is 19.1. The molecular formula is C22H17FN4O2. The third-order valence-corrected chi connectivity index (χ3v) is 4.56. The molecule has 0 spiro atoms. The largest absolute Gasteiger partial charge is 0.366 e. The number of nitrogens with one attached hydrogen (secondary N) is 1. The van der Waals surface area contributed by atoms with E-state index < -0.39 is 11.8 Å². The van der Waals surface area contributed by atoms with Gasteiger partial charge < -0.3 is 15.5 Å². The van der Waals surface area contributed by atoms with Gasteiger partial charge in [0.1, 0.15) is 17.2 Å². The highest BCUT2D eigenvalue weighted by molar-refractivity contribution is 5.94. The van der Waals surface area contributed by atoms with E-state index in [0.29, 0.717) is 16.8 Å². The van der Waals surface area contributed by atoms with Gasteiger partial charge in [-0.3, -0.25) is 9.59 Å². The normalized spacial score (nSPS) is 10.8. The summed E-state index contributed by atoms with van der Waals surface area (Å²) in [5.41, 5.74) is 8.65. The van der Waals surface area contributed by atoms with Crippen molar-refractivity contribution in [1.82, 2.24) is 14.7 Å². The van der Waals surface area contributed by atoms with Gasteiger partial charge in [-0.25, -0.2) is 9.37 Å². The van der Waals surface area contributed by atoms with Crippen molar-refractivity contribution >= 4 is 17.5 Å². The summed E-state index contributed by atoms with van der Waals surface area (Å²) in [6.07, 6.45) is 3.42. The Labute approximate surface area is 165 Å². The maximum atomic E-state index is 13.7. The number of hydrogen-bond donors (Lipinski definition) is 2. The van der Waals surface area contributed by atoms with Crippen molar-refractivity contribution in [1.29, 1.82) is 0 Å². The van der Waals surface area contributed by atoms with E-state index in [1.807, 2.05) is 18.3 Å². The standard InChI is InChI=1S/C22H17FN4O2/c23-18-7-2-1-4-16(18)11-25-22(29)19-13-27-12-17(8-9-20(27)26-19)14-5-3-6-15(10-14)21(24)28/h1-10,12-13H,11H2,(H2,24,28)(H,25,29). The monoisotopic (exact) mass is 388 g/mol. The number of halogens is 1. The maximum absolute atomic E-state index is 13.7. The molecule has 6 nitrogen and oxygen atoms in total. The summed E-state index contributed by atoms with van der Waals surface area (Å²) >= 11 is 0. The molecule has 29 heavy (non-hydrogen) atoms. The molecule has 0 saturated heterocycles. The molecule has 0 fully saturated rings. The smallest absolute Gasteiger partial charge is 0.271 e. The fourth-order valence-corrected chi connectivity index (χ4v) is 3.03. The summed E-state index contributed by atoms with van der Waals surface area (Å²) in [6.45, 7) is 0.0739. The van der Waals surface area contributed by atoms with Crippen molar-refractivity contribution < 1.29 is 14.0 Å². The van der Waals surface area contributed by atoms with Crippen LogP contribution in [0.25, 0.3) is 16.8 Å². The fourth-order valence-electron chi connectivity index (χ4n) is 3.03. The Bertz CT molecular complexity index is 1230. The number of nitrogens with two attached hydrogens (primary N) is 1. The summed E-state index contributed by atoms with van der Waals surface area (Å²) in [5.74, 6) is -1.26. The van der Waals surface area contributed by atoms with Crippen molar-refractivity contribution in [2.75, 3.05) is 0 Å². The van der Waals surface area contributed by atoms with Gasteiger partial charge in [0.15, 0.2) is 0 Å². The van der Waals surface area contributed by atoms with Gasteiger partial charge in [-0.1, -0.05) is 30.3 Å². The summed E-state index contributed by atoms with van der Waals surface area (Å²) in [7, 11) is 0. The lowest BCUT2D eigenvalue weighted by Gasteiger charge is -2.04. The number of pyridine rings is 1. The van der Waals surface area contributed by atoms with Crippen LogP contribution in [0.2, 0.25) is 0 Å². The first kappa shape index (κ1) is 18.4. The number of carbonyl (C=O) groups is 2. The number of fused-ring (bicyclic) bond motifs is 1. The molecule has 4 rings (SSSR count). The van der Waals surface area contributed by atoms with Gasteiger partial charge in [-0.2, -0.15) is 0 Å². The van der Waals surface area contributed by atoms with Crippen molar-refractivity contribution in [2.45, 2.75) is 6.54 Å². The minimum atomic E-state index is -0.496. The van der Waals surface area contributed by atoms with E-state index in [1.165, 1.54) is 6.07 Å². The zero-order valence-corrected chi connectivity index (χ0v) is 15.3. The second kappa shape index (κ2) is 7.55. The SMILES string of the molecule is NC(=O)c1cccc(-c2ccc3nc(C(=O)NCc4ccccc4F)cn3c2)c1. The number of rotatable bonds is 5. The quantitative estimate of drug-likeness (QED) is 0.550. The molecule has 0 aliphatic rings. The Balaban J connectivity index is 1.57. The minimum absolute atomic E-state index is 0.0739. The molecule has 0 bridgehead atoms. The molecule has 2 heterocycles. The Hall–Kier alpha value is -4.00. The first-order valence-corrected chi connectivity index (χ1v) is 8.92. The molecule has 2 amide bonds. The summed E-state index contributed by atoms with van der Waals surface area (Å²) in [6, 6.07) is 16.9. The molecule has 7 heteroatoms. The van der Waals surface area contributed by atoms with Gasteiger partial charge in [0, 0.05) is 30.1 Å². The van der Waals surface area contributed by atoms with Crippen LogP contribution in [0, 0.1) is 5.82 Å². The Morgan fingerprint density at radius 3 is 2.62 bits per heavy atom. The first-order chi connectivity index (χ1) is 14.0. The predicted octanol–water partition coefficient (Wildman–Crippen LogP) is 3.17. The van der Waals surface area contributed by atoms with Crippen LogP contribution in [0.15, 0.2) is 73.1 Å². The molecule has 0 aliphatic carbocycles. The number of carbonyl (C=O) groups excluding carboxylic acids is 2. The van der Waals surface area contributed by atoms with Crippen LogP contribution >= 0.6 is 0 Å². The van der Waals surface area contributed by atoms with Crippen LogP contribution in [0.3, 0.4) is 0 Å². The van der Waals surface area contributed by atoms with Gasteiger partial charge in [-0.15, -0.1) is 0 Å². The summed E-state index contributed by atoms with van der Waals surface area (Å²) < 4.78 is 15.4. The second-order valence-electron chi connectivity index (χ2n) is 6.53. The van der Waals surface area contributed by atoms with Crippen LogP contribution in [0.1, 0.15) is 26.4 Å². The summed E-state index contributed by atoms with van der Waals surface area (Å²) in [5, 5.41) is 2.68.